The molecule has 1 aromatic heterocycles. The van der Waals surface area contributed by atoms with Gasteiger partial charge >= 0.3 is 0 Å². The standard InChI is InChI=1S/C10H12S/c1-2-4-9(5-3-1)10-6-7-11-8-10/h1-2,6-9H,3-5H2/t9-/m0/s1. The first-order chi connectivity index (χ1) is 5.47. The first-order valence-electron chi connectivity index (χ1n) is 4.14. The maximum absolute atomic E-state index is 2.31. The second-order valence-corrected chi connectivity index (χ2v) is 3.82. The molecule has 11 heavy (non-hydrogen) atoms. The van der Waals surface area contributed by atoms with Crippen molar-refractivity contribution in [1.82, 2.24) is 0 Å². The maximum Gasteiger partial charge on any atom is -0.00583 e. The smallest absolute Gasteiger partial charge is 0.00583 e. The molecule has 0 amide bonds. The van der Waals surface area contributed by atoms with Crippen LogP contribution >= 0.6 is 11.3 Å². The van der Waals surface area contributed by atoms with Gasteiger partial charge in [0.25, 0.3) is 0 Å². The molecule has 1 atom stereocenters. The third-order valence-corrected chi connectivity index (χ3v) is 2.99. The van der Waals surface area contributed by atoms with Gasteiger partial charge < -0.3 is 0 Å². The molecule has 0 radical (unpaired) electrons. The zero-order valence-corrected chi connectivity index (χ0v) is 7.31. The predicted octanol–water partition coefficient (Wildman–Crippen LogP) is 3.57. The first kappa shape index (κ1) is 7.11. The zero-order chi connectivity index (χ0) is 7.52. The molecule has 0 spiro atoms. The average Bonchev–Trinajstić information content (AvgIpc) is 2.58. The van der Waals surface area contributed by atoms with Gasteiger partial charge in [-0.2, -0.15) is 11.3 Å². The summed E-state index contributed by atoms with van der Waals surface area (Å²) in [6.45, 7) is 0. The molecule has 0 saturated carbocycles. The van der Waals surface area contributed by atoms with Crippen LogP contribution in [0.2, 0.25) is 0 Å². The number of hydrogen-bond acceptors (Lipinski definition) is 1. The molecule has 1 heteroatoms. The molecule has 0 N–H and O–H groups in total. The largest absolute Gasteiger partial charge is 0.152 e. The van der Waals surface area contributed by atoms with Crippen LogP contribution in [0.15, 0.2) is 29.0 Å². The lowest BCUT2D eigenvalue weighted by molar-refractivity contribution is 0.619. The van der Waals surface area contributed by atoms with E-state index in [-0.39, 0.29) is 0 Å². The Hall–Kier alpha value is -0.560. The average molecular weight is 164 g/mol. The number of thiophene rings is 1. The van der Waals surface area contributed by atoms with Gasteiger partial charge in [-0.1, -0.05) is 12.2 Å². The minimum atomic E-state index is 0.811. The molecule has 58 valence electrons. The fraction of sp³-hybridized carbons (Fsp3) is 0.400. The van der Waals surface area contributed by atoms with Gasteiger partial charge in [0.2, 0.25) is 0 Å². The van der Waals surface area contributed by atoms with E-state index in [1.165, 1.54) is 19.3 Å². The van der Waals surface area contributed by atoms with Crippen molar-refractivity contribution in [3.05, 3.63) is 34.5 Å². The van der Waals surface area contributed by atoms with Crippen LogP contribution < -0.4 is 0 Å². The summed E-state index contributed by atoms with van der Waals surface area (Å²) in [6.07, 6.45) is 8.46. The highest BCUT2D eigenvalue weighted by Gasteiger charge is 2.11. The van der Waals surface area contributed by atoms with E-state index in [4.69, 9.17) is 0 Å². The Morgan fingerprint density at radius 2 is 2.36 bits per heavy atom. The molecular formula is C10H12S. The Kier molecular flexibility index (Phi) is 2.08. The van der Waals surface area contributed by atoms with E-state index in [0.29, 0.717) is 0 Å². The fourth-order valence-electron chi connectivity index (χ4n) is 1.60. The molecule has 1 heterocycles. The van der Waals surface area contributed by atoms with Crippen LogP contribution in [0.3, 0.4) is 0 Å². The molecule has 0 aromatic carbocycles. The summed E-state index contributed by atoms with van der Waals surface area (Å²) in [5.41, 5.74) is 1.54. The zero-order valence-electron chi connectivity index (χ0n) is 6.49. The predicted molar refractivity (Wildman–Crippen MR) is 50.1 cm³/mol. The van der Waals surface area contributed by atoms with Gasteiger partial charge in [0.1, 0.15) is 0 Å². The highest BCUT2D eigenvalue weighted by Crippen LogP contribution is 2.29. The van der Waals surface area contributed by atoms with Crippen LogP contribution in [0, 0.1) is 0 Å². The van der Waals surface area contributed by atoms with Gasteiger partial charge in [-0.15, -0.1) is 0 Å². The van der Waals surface area contributed by atoms with Crippen molar-refractivity contribution >= 4 is 11.3 Å². The van der Waals surface area contributed by atoms with Crippen molar-refractivity contribution in [2.75, 3.05) is 0 Å². The molecule has 0 nitrogen and oxygen atoms in total. The second-order valence-electron chi connectivity index (χ2n) is 3.04. The summed E-state index contributed by atoms with van der Waals surface area (Å²) in [5.74, 6) is 0.811. The molecular weight excluding hydrogens is 152 g/mol. The maximum atomic E-state index is 2.31. The lowest BCUT2D eigenvalue weighted by atomic mass is 9.90. The molecule has 0 fully saturated rings. The first-order valence-corrected chi connectivity index (χ1v) is 5.08. The van der Waals surface area contributed by atoms with E-state index in [1.54, 1.807) is 5.56 Å². The Morgan fingerprint density at radius 3 is 3.00 bits per heavy atom. The van der Waals surface area contributed by atoms with Gasteiger partial charge in [0, 0.05) is 0 Å². The quantitative estimate of drug-likeness (QED) is 0.557. The summed E-state index contributed by atoms with van der Waals surface area (Å²) < 4.78 is 0. The Labute approximate surface area is 71.6 Å². The normalized spacial score (nSPS) is 23.8. The van der Waals surface area contributed by atoms with Crippen molar-refractivity contribution in [2.24, 2.45) is 0 Å². The minimum absolute atomic E-state index is 0.811. The summed E-state index contributed by atoms with van der Waals surface area (Å²) in [4.78, 5) is 0. The number of allylic oxidation sites excluding steroid dienone is 2. The summed E-state index contributed by atoms with van der Waals surface area (Å²) in [7, 11) is 0. The molecule has 1 aliphatic carbocycles. The van der Waals surface area contributed by atoms with Crippen LogP contribution in [0.1, 0.15) is 30.7 Å². The summed E-state index contributed by atoms with van der Waals surface area (Å²) >= 11 is 1.81. The van der Waals surface area contributed by atoms with E-state index >= 15 is 0 Å². The van der Waals surface area contributed by atoms with Gasteiger partial charge in [0.05, 0.1) is 0 Å². The van der Waals surface area contributed by atoms with E-state index in [9.17, 15) is 0 Å². The van der Waals surface area contributed by atoms with Crippen LogP contribution in [0.4, 0.5) is 0 Å². The van der Waals surface area contributed by atoms with Gasteiger partial charge in [0.15, 0.2) is 0 Å². The highest BCUT2D eigenvalue weighted by atomic mass is 32.1. The lowest BCUT2D eigenvalue weighted by Crippen LogP contribution is -1.98. The van der Waals surface area contributed by atoms with Crippen LogP contribution in [-0.4, -0.2) is 0 Å². The van der Waals surface area contributed by atoms with Crippen molar-refractivity contribution in [3.63, 3.8) is 0 Å². The summed E-state index contributed by atoms with van der Waals surface area (Å²) in [6, 6.07) is 2.26. The Bertz CT molecular complexity index is 233. The van der Waals surface area contributed by atoms with Gasteiger partial charge in [-0.3, -0.25) is 0 Å². The molecule has 0 unspecified atom stereocenters. The summed E-state index contributed by atoms with van der Waals surface area (Å²) in [5, 5.41) is 4.46. The number of hydrogen-bond donors (Lipinski definition) is 0. The lowest BCUT2D eigenvalue weighted by Gasteiger charge is -2.15. The van der Waals surface area contributed by atoms with Crippen LogP contribution in [-0.2, 0) is 0 Å². The molecule has 1 aliphatic rings. The Morgan fingerprint density at radius 1 is 1.36 bits per heavy atom. The molecule has 0 bridgehead atoms. The topological polar surface area (TPSA) is 0 Å². The van der Waals surface area contributed by atoms with Crippen molar-refractivity contribution < 1.29 is 0 Å². The molecule has 2 rings (SSSR count). The Balaban J connectivity index is 2.11. The molecule has 1 aromatic rings. The molecule has 0 saturated heterocycles. The van der Waals surface area contributed by atoms with Gasteiger partial charge in [-0.25, -0.2) is 0 Å². The van der Waals surface area contributed by atoms with Crippen LogP contribution in [0.5, 0.6) is 0 Å². The van der Waals surface area contributed by atoms with Crippen LogP contribution in [0.25, 0.3) is 0 Å². The van der Waals surface area contributed by atoms with Crippen molar-refractivity contribution in [2.45, 2.75) is 25.2 Å². The third kappa shape index (κ3) is 1.54. The minimum Gasteiger partial charge on any atom is -0.152 e. The van der Waals surface area contributed by atoms with E-state index < -0.39 is 0 Å². The third-order valence-electron chi connectivity index (χ3n) is 2.28. The SMILES string of the molecule is C1=CC[C@H](c2ccsc2)CC1. The fourth-order valence-corrected chi connectivity index (χ4v) is 2.35. The van der Waals surface area contributed by atoms with E-state index in [0.717, 1.165) is 5.92 Å². The van der Waals surface area contributed by atoms with E-state index in [1.807, 2.05) is 11.3 Å². The monoisotopic (exact) mass is 164 g/mol. The van der Waals surface area contributed by atoms with Gasteiger partial charge in [-0.05, 0) is 47.6 Å². The van der Waals surface area contributed by atoms with Crippen molar-refractivity contribution in [3.8, 4) is 0 Å². The number of rotatable bonds is 1. The highest BCUT2D eigenvalue weighted by molar-refractivity contribution is 7.07. The second kappa shape index (κ2) is 3.22. The van der Waals surface area contributed by atoms with E-state index in [2.05, 4.69) is 29.0 Å². The van der Waals surface area contributed by atoms with Crippen molar-refractivity contribution in [1.29, 1.82) is 0 Å². The molecule has 0 aliphatic heterocycles.